The first kappa shape index (κ1) is 10.2. The molecule has 15 heavy (non-hydrogen) atoms. The van der Waals surface area contributed by atoms with Crippen molar-refractivity contribution in [2.75, 3.05) is 0 Å². The number of para-hydroxylation sites is 1. The van der Waals surface area contributed by atoms with Gasteiger partial charge < -0.3 is 0 Å². The van der Waals surface area contributed by atoms with Crippen LogP contribution in [0.15, 0.2) is 58.6 Å². The van der Waals surface area contributed by atoms with Crippen molar-refractivity contribution in [3.63, 3.8) is 0 Å². The summed E-state index contributed by atoms with van der Waals surface area (Å²) in [5.74, 6) is 0.327. The molecule has 2 rings (SSSR count). The lowest BCUT2D eigenvalue weighted by Crippen LogP contribution is -2.08. The van der Waals surface area contributed by atoms with E-state index in [9.17, 15) is 0 Å². The molecule has 1 unspecified atom stereocenters. The second kappa shape index (κ2) is 4.45. The summed E-state index contributed by atoms with van der Waals surface area (Å²) in [5, 5.41) is 0.739. The number of allylic oxidation sites excluding steroid dienone is 4. The summed E-state index contributed by atoms with van der Waals surface area (Å²) in [4.78, 5) is 4.55. The van der Waals surface area contributed by atoms with Gasteiger partial charge in [-0.15, -0.1) is 0 Å². The van der Waals surface area contributed by atoms with Crippen molar-refractivity contribution in [2.45, 2.75) is 6.92 Å². The standard InChI is InChI=1S/C13H12ClN/c1-10-7-8-11(14)9-13(10)15-12-5-3-2-4-6-12/h2-10H,1H3. The van der Waals surface area contributed by atoms with Gasteiger partial charge >= 0.3 is 0 Å². The van der Waals surface area contributed by atoms with Crippen LogP contribution in [0.5, 0.6) is 0 Å². The van der Waals surface area contributed by atoms with Gasteiger partial charge in [-0.3, -0.25) is 4.99 Å². The van der Waals surface area contributed by atoms with Crippen LogP contribution in [0.4, 0.5) is 5.69 Å². The topological polar surface area (TPSA) is 12.4 Å². The Morgan fingerprint density at radius 3 is 2.67 bits per heavy atom. The molecular weight excluding hydrogens is 206 g/mol. The molecule has 0 heterocycles. The van der Waals surface area contributed by atoms with E-state index in [0.717, 1.165) is 16.4 Å². The molecule has 1 aromatic carbocycles. The molecule has 2 heteroatoms. The maximum atomic E-state index is 5.94. The normalized spacial score (nSPS) is 22.9. The van der Waals surface area contributed by atoms with Crippen molar-refractivity contribution in [1.29, 1.82) is 0 Å². The molecule has 1 aromatic rings. The molecule has 0 spiro atoms. The smallest absolute Gasteiger partial charge is 0.0633 e. The molecule has 1 atom stereocenters. The van der Waals surface area contributed by atoms with Gasteiger partial charge in [0, 0.05) is 16.7 Å². The van der Waals surface area contributed by atoms with E-state index >= 15 is 0 Å². The van der Waals surface area contributed by atoms with Gasteiger partial charge in [0.1, 0.15) is 0 Å². The van der Waals surface area contributed by atoms with Gasteiger partial charge in [0.15, 0.2) is 0 Å². The molecular formula is C13H12ClN. The number of hydrogen-bond acceptors (Lipinski definition) is 1. The van der Waals surface area contributed by atoms with E-state index in [0.29, 0.717) is 5.92 Å². The van der Waals surface area contributed by atoms with Gasteiger partial charge in [-0.1, -0.05) is 42.8 Å². The summed E-state index contributed by atoms with van der Waals surface area (Å²) in [7, 11) is 0. The van der Waals surface area contributed by atoms with Crippen LogP contribution in [0, 0.1) is 5.92 Å². The SMILES string of the molecule is CC1C=CC(Cl)=CC1=Nc1ccccc1. The van der Waals surface area contributed by atoms with E-state index in [1.165, 1.54) is 0 Å². The molecule has 0 N–H and O–H groups in total. The third-order valence-electron chi connectivity index (χ3n) is 2.31. The fraction of sp³-hybridized carbons (Fsp3) is 0.154. The van der Waals surface area contributed by atoms with Gasteiger partial charge in [-0.25, -0.2) is 0 Å². The molecule has 0 saturated carbocycles. The Balaban J connectivity index is 2.31. The number of rotatable bonds is 1. The summed E-state index contributed by atoms with van der Waals surface area (Å²) in [5.41, 5.74) is 1.98. The van der Waals surface area contributed by atoms with Gasteiger partial charge in [0.2, 0.25) is 0 Å². The highest BCUT2D eigenvalue weighted by Crippen LogP contribution is 2.20. The Labute approximate surface area is 94.8 Å². The fourth-order valence-electron chi connectivity index (χ4n) is 1.44. The van der Waals surface area contributed by atoms with Crippen molar-refractivity contribution in [3.8, 4) is 0 Å². The van der Waals surface area contributed by atoms with Crippen molar-refractivity contribution >= 4 is 23.0 Å². The zero-order chi connectivity index (χ0) is 10.7. The lowest BCUT2D eigenvalue weighted by atomic mass is 10.0. The van der Waals surface area contributed by atoms with Crippen molar-refractivity contribution in [3.05, 3.63) is 53.6 Å². The Hall–Kier alpha value is -1.34. The van der Waals surface area contributed by atoms with E-state index in [4.69, 9.17) is 11.6 Å². The molecule has 0 fully saturated rings. The zero-order valence-electron chi connectivity index (χ0n) is 8.52. The first-order valence-electron chi connectivity index (χ1n) is 4.95. The number of halogens is 1. The van der Waals surface area contributed by atoms with Crippen LogP contribution in [0.1, 0.15) is 6.92 Å². The maximum Gasteiger partial charge on any atom is 0.0633 e. The van der Waals surface area contributed by atoms with E-state index in [2.05, 4.69) is 18.0 Å². The highest BCUT2D eigenvalue weighted by molar-refractivity contribution is 6.33. The van der Waals surface area contributed by atoms with Crippen LogP contribution in [-0.4, -0.2) is 5.71 Å². The highest BCUT2D eigenvalue weighted by atomic mass is 35.5. The summed E-state index contributed by atoms with van der Waals surface area (Å²) < 4.78 is 0. The summed E-state index contributed by atoms with van der Waals surface area (Å²) >= 11 is 5.94. The molecule has 0 bridgehead atoms. The van der Waals surface area contributed by atoms with Crippen molar-refractivity contribution < 1.29 is 0 Å². The van der Waals surface area contributed by atoms with Gasteiger partial charge in [-0.05, 0) is 24.3 Å². The van der Waals surface area contributed by atoms with E-state index in [-0.39, 0.29) is 0 Å². The molecule has 0 aliphatic heterocycles. The van der Waals surface area contributed by atoms with Crippen molar-refractivity contribution in [1.82, 2.24) is 0 Å². The highest BCUT2D eigenvalue weighted by Gasteiger charge is 2.09. The Kier molecular flexibility index (Phi) is 3.02. The molecule has 76 valence electrons. The van der Waals surface area contributed by atoms with Crippen LogP contribution in [0.2, 0.25) is 0 Å². The van der Waals surface area contributed by atoms with Gasteiger partial charge in [-0.2, -0.15) is 0 Å². The lowest BCUT2D eigenvalue weighted by Gasteiger charge is -2.11. The predicted molar refractivity (Wildman–Crippen MR) is 65.8 cm³/mol. The maximum absolute atomic E-state index is 5.94. The first-order chi connectivity index (χ1) is 7.25. The first-order valence-corrected chi connectivity index (χ1v) is 5.32. The van der Waals surface area contributed by atoms with Crippen LogP contribution in [-0.2, 0) is 0 Å². The van der Waals surface area contributed by atoms with E-state index in [1.807, 2.05) is 42.5 Å². The number of nitrogens with zero attached hydrogens (tertiary/aromatic N) is 1. The van der Waals surface area contributed by atoms with Crippen LogP contribution in [0.3, 0.4) is 0 Å². The predicted octanol–water partition coefficient (Wildman–Crippen LogP) is 4.09. The molecule has 0 saturated heterocycles. The summed E-state index contributed by atoms with van der Waals surface area (Å²) in [6.07, 6.45) is 5.89. The molecule has 0 aromatic heterocycles. The average molecular weight is 218 g/mol. The molecule has 0 amide bonds. The molecule has 1 aliphatic carbocycles. The minimum absolute atomic E-state index is 0.327. The van der Waals surface area contributed by atoms with Crippen LogP contribution in [0.25, 0.3) is 0 Å². The Morgan fingerprint density at radius 1 is 1.20 bits per heavy atom. The largest absolute Gasteiger partial charge is 0.253 e. The fourth-order valence-corrected chi connectivity index (χ4v) is 1.63. The van der Waals surface area contributed by atoms with Gasteiger partial charge in [0.25, 0.3) is 0 Å². The second-order valence-electron chi connectivity index (χ2n) is 3.55. The minimum Gasteiger partial charge on any atom is -0.253 e. The lowest BCUT2D eigenvalue weighted by molar-refractivity contribution is 0.994. The van der Waals surface area contributed by atoms with E-state index < -0.39 is 0 Å². The minimum atomic E-state index is 0.327. The number of hydrogen-bond donors (Lipinski definition) is 0. The average Bonchev–Trinajstić information content (AvgIpc) is 2.25. The molecule has 0 radical (unpaired) electrons. The third kappa shape index (κ3) is 2.57. The Morgan fingerprint density at radius 2 is 1.93 bits per heavy atom. The number of aliphatic imine (C=N–C) groups is 1. The zero-order valence-corrected chi connectivity index (χ0v) is 9.28. The van der Waals surface area contributed by atoms with Crippen LogP contribution >= 0.6 is 11.6 Å². The quantitative estimate of drug-likeness (QED) is 0.672. The summed E-state index contributed by atoms with van der Waals surface area (Å²) in [6.45, 7) is 2.11. The molecule has 1 aliphatic rings. The Bertz CT molecular complexity index is 429. The van der Waals surface area contributed by atoms with Crippen LogP contribution < -0.4 is 0 Å². The van der Waals surface area contributed by atoms with Gasteiger partial charge in [0.05, 0.1) is 5.69 Å². The monoisotopic (exact) mass is 217 g/mol. The third-order valence-corrected chi connectivity index (χ3v) is 2.55. The number of benzene rings is 1. The summed E-state index contributed by atoms with van der Waals surface area (Å²) in [6, 6.07) is 9.92. The molecule has 1 nitrogen and oxygen atoms in total. The second-order valence-corrected chi connectivity index (χ2v) is 3.99. The van der Waals surface area contributed by atoms with E-state index in [1.54, 1.807) is 0 Å². The van der Waals surface area contributed by atoms with Crippen molar-refractivity contribution in [2.24, 2.45) is 10.9 Å².